The summed E-state index contributed by atoms with van der Waals surface area (Å²) >= 11 is 0. The lowest BCUT2D eigenvalue weighted by Crippen LogP contribution is -2.55. The van der Waals surface area contributed by atoms with Crippen LogP contribution in [0.4, 0.5) is 13.2 Å². The third kappa shape index (κ3) is 13.0. The zero-order chi connectivity index (χ0) is 30.3. The Kier molecular flexibility index (Phi) is 14.1. The molecule has 3 amide bonds. The van der Waals surface area contributed by atoms with E-state index in [1.807, 2.05) is 30.3 Å². The number of hydrogen-bond acceptors (Lipinski definition) is 7. The molecule has 0 saturated heterocycles. The second-order valence-corrected chi connectivity index (χ2v) is 9.52. The molecule has 0 unspecified atom stereocenters. The van der Waals surface area contributed by atoms with Crippen LogP contribution in [-0.4, -0.2) is 55.3 Å². The lowest BCUT2D eigenvalue weighted by Gasteiger charge is -2.24. The van der Waals surface area contributed by atoms with Gasteiger partial charge in [-0.2, -0.15) is 0 Å². The van der Waals surface area contributed by atoms with Gasteiger partial charge < -0.3 is 37.9 Å². The molecule has 0 aliphatic heterocycles. The molecule has 226 valence electrons. The van der Waals surface area contributed by atoms with Crippen LogP contribution >= 0.6 is 0 Å². The first-order chi connectivity index (χ1) is 19.5. The Labute approximate surface area is 237 Å². The van der Waals surface area contributed by atoms with Gasteiger partial charge in [0.05, 0.1) is 6.04 Å². The van der Waals surface area contributed by atoms with E-state index in [1.54, 1.807) is 0 Å². The van der Waals surface area contributed by atoms with Crippen molar-refractivity contribution in [1.29, 1.82) is 0 Å². The largest absolute Gasteiger partial charge is 0.573 e. The maximum Gasteiger partial charge on any atom is 0.573 e. The Morgan fingerprint density at radius 1 is 0.756 bits per heavy atom. The van der Waals surface area contributed by atoms with E-state index < -0.39 is 42.2 Å². The molecule has 0 aliphatic rings. The van der Waals surface area contributed by atoms with Gasteiger partial charge in [0.2, 0.25) is 17.7 Å². The number of aryl methyl sites for hydroxylation is 1. The Morgan fingerprint density at radius 3 is 1.95 bits per heavy atom. The fourth-order valence-corrected chi connectivity index (χ4v) is 3.96. The predicted molar refractivity (Wildman–Crippen MR) is 148 cm³/mol. The lowest BCUT2D eigenvalue weighted by atomic mass is 10.0. The van der Waals surface area contributed by atoms with Crippen LogP contribution in [0.3, 0.4) is 0 Å². The minimum atomic E-state index is -4.81. The van der Waals surface area contributed by atoms with Crippen LogP contribution in [0.1, 0.15) is 43.2 Å². The Hall–Kier alpha value is -3.68. The number of nitrogens with two attached hydrogens (primary N) is 3. The predicted octanol–water partition coefficient (Wildman–Crippen LogP) is 1.61. The molecule has 0 aromatic heterocycles. The Bertz CT molecular complexity index is 1090. The summed E-state index contributed by atoms with van der Waals surface area (Å²) < 4.78 is 41.1. The summed E-state index contributed by atoms with van der Waals surface area (Å²) in [5.74, 6) is -1.93. The van der Waals surface area contributed by atoms with Crippen LogP contribution in [-0.2, 0) is 27.3 Å². The topological polar surface area (TPSA) is 175 Å². The van der Waals surface area contributed by atoms with Crippen LogP contribution in [0.25, 0.3) is 0 Å². The van der Waals surface area contributed by atoms with Crippen LogP contribution in [0.2, 0.25) is 0 Å². The normalized spacial score (nSPS) is 13.5. The molecule has 0 saturated carbocycles. The molecule has 0 spiro atoms. The fourth-order valence-electron chi connectivity index (χ4n) is 3.96. The molecule has 2 aromatic carbocycles. The van der Waals surface area contributed by atoms with E-state index in [4.69, 9.17) is 17.2 Å². The van der Waals surface area contributed by atoms with E-state index in [0.717, 1.165) is 17.7 Å². The van der Waals surface area contributed by atoms with Crippen molar-refractivity contribution in [3.63, 3.8) is 0 Å². The van der Waals surface area contributed by atoms with E-state index in [-0.39, 0.29) is 25.1 Å². The van der Waals surface area contributed by atoms with E-state index in [0.29, 0.717) is 44.3 Å². The Morgan fingerprint density at radius 2 is 1.34 bits per heavy atom. The van der Waals surface area contributed by atoms with Gasteiger partial charge in [0.15, 0.2) is 0 Å². The van der Waals surface area contributed by atoms with Crippen molar-refractivity contribution in [1.82, 2.24) is 16.0 Å². The number of nitrogens with one attached hydrogen (secondary N) is 3. The van der Waals surface area contributed by atoms with Crippen LogP contribution in [0.15, 0.2) is 54.6 Å². The van der Waals surface area contributed by atoms with E-state index >= 15 is 0 Å². The van der Waals surface area contributed by atoms with Gasteiger partial charge >= 0.3 is 6.36 Å². The van der Waals surface area contributed by atoms with Gasteiger partial charge in [-0.05, 0) is 74.9 Å². The van der Waals surface area contributed by atoms with Gasteiger partial charge in [-0.25, -0.2) is 0 Å². The SMILES string of the molecule is NCCC[C@@H](N)C(=O)N[C@H](CCCN)C(=O)N[C@@H](CCc1ccccc1)C(=O)NCc1ccc(OC(F)(F)F)cc1. The monoisotopic (exact) mass is 580 g/mol. The molecule has 0 aliphatic carbocycles. The molecule has 13 heteroatoms. The number of amides is 3. The molecular weight excluding hydrogens is 541 g/mol. The second-order valence-electron chi connectivity index (χ2n) is 9.52. The summed E-state index contributed by atoms with van der Waals surface area (Å²) in [5.41, 5.74) is 18.5. The molecule has 0 heterocycles. The average Bonchev–Trinajstić information content (AvgIpc) is 2.94. The first-order valence-corrected chi connectivity index (χ1v) is 13.4. The minimum absolute atomic E-state index is 0.00612. The quantitative estimate of drug-likeness (QED) is 0.165. The highest BCUT2D eigenvalue weighted by atomic mass is 19.4. The lowest BCUT2D eigenvalue weighted by molar-refractivity contribution is -0.274. The summed E-state index contributed by atoms with van der Waals surface area (Å²) in [6.45, 7) is 0.678. The third-order valence-corrected chi connectivity index (χ3v) is 6.21. The van der Waals surface area contributed by atoms with Crippen LogP contribution in [0.5, 0.6) is 5.75 Å². The zero-order valence-electron chi connectivity index (χ0n) is 22.8. The highest BCUT2D eigenvalue weighted by molar-refractivity contribution is 5.93. The Balaban J connectivity index is 2.10. The van der Waals surface area contributed by atoms with Crippen molar-refractivity contribution in [2.45, 2.75) is 69.6 Å². The molecule has 2 aromatic rings. The summed E-state index contributed by atoms with van der Waals surface area (Å²) in [7, 11) is 0. The number of carbonyl (C=O) groups is 3. The van der Waals surface area contributed by atoms with Crippen molar-refractivity contribution >= 4 is 17.7 Å². The van der Waals surface area contributed by atoms with Crippen molar-refractivity contribution in [3.05, 3.63) is 65.7 Å². The summed E-state index contributed by atoms with van der Waals surface area (Å²) in [6, 6.07) is 11.7. The highest BCUT2D eigenvalue weighted by Crippen LogP contribution is 2.22. The molecule has 3 atom stereocenters. The number of carbonyl (C=O) groups excluding carboxylic acids is 3. The maximum atomic E-state index is 13.3. The number of rotatable bonds is 17. The van der Waals surface area contributed by atoms with Crippen molar-refractivity contribution < 1.29 is 32.3 Å². The van der Waals surface area contributed by atoms with Crippen molar-refractivity contribution in [2.75, 3.05) is 13.1 Å². The highest BCUT2D eigenvalue weighted by Gasteiger charge is 2.31. The zero-order valence-corrected chi connectivity index (χ0v) is 22.8. The molecule has 2 rings (SSSR count). The smallest absolute Gasteiger partial charge is 0.406 e. The first-order valence-electron chi connectivity index (χ1n) is 13.4. The van der Waals surface area contributed by atoms with E-state index in [1.165, 1.54) is 12.1 Å². The number of ether oxygens (including phenoxy) is 1. The maximum absolute atomic E-state index is 13.3. The van der Waals surface area contributed by atoms with Crippen LogP contribution < -0.4 is 37.9 Å². The van der Waals surface area contributed by atoms with Gasteiger partial charge in [-0.1, -0.05) is 42.5 Å². The van der Waals surface area contributed by atoms with Gasteiger partial charge in [0, 0.05) is 6.54 Å². The van der Waals surface area contributed by atoms with Crippen molar-refractivity contribution in [2.24, 2.45) is 17.2 Å². The van der Waals surface area contributed by atoms with Gasteiger partial charge in [-0.3, -0.25) is 14.4 Å². The van der Waals surface area contributed by atoms with E-state index in [9.17, 15) is 27.6 Å². The third-order valence-electron chi connectivity index (χ3n) is 6.21. The first kappa shape index (κ1) is 33.5. The molecule has 0 fully saturated rings. The number of hydrogen-bond donors (Lipinski definition) is 6. The van der Waals surface area contributed by atoms with E-state index in [2.05, 4.69) is 20.7 Å². The molecule has 9 N–H and O–H groups in total. The fraction of sp³-hybridized carbons (Fsp3) is 0.464. The number of benzene rings is 2. The molecule has 10 nitrogen and oxygen atoms in total. The van der Waals surface area contributed by atoms with Crippen molar-refractivity contribution in [3.8, 4) is 5.75 Å². The second kappa shape index (κ2) is 17.2. The number of alkyl halides is 3. The molecular formula is C28H39F3N6O4. The summed E-state index contributed by atoms with van der Waals surface area (Å²) in [6.07, 6.45) is -2.47. The van der Waals surface area contributed by atoms with Gasteiger partial charge in [0.25, 0.3) is 0 Å². The standard InChI is InChI=1S/C28H39F3N6O4/c29-28(30,31)41-21-13-10-20(11-14-21)18-35-26(39)24(15-12-19-6-2-1-3-7-19)37-27(40)23(9-5-17-33)36-25(38)22(34)8-4-16-32/h1-3,6-7,10-11,13-14,22-24H,4-5,8-9,12,15-18,32-34H2,(H,35,39)(H,36,38)(H,37,40)/t22-,23-,24+/m1/s1. The molecule has 41 heavy (non-hydrogen) atoms. The van der Waals surface area contributed by atoms with Gasteiger partial charge in [-0.15, -0.1) is 13.2 Å². The summed E-state index contributed by atoms with van der Waals surface area (Å²) in [4.78, 5) is 39.0. The summed E-state index contributed by atoms with van der Waals surface area (Å²) in [5, 5.41) is 8.12. The molecule has 0 bridgehead atoms. The average molecular weight is 581 g/mol. The molecule has 0 radical (unpaired) electrons. The van der Waals surface area contributed by atoms with Crippen LogP contribution in [0, 0.1) is 0 Å². The van der Waals surface area contributed by atoms with Gasteiger partial charge in [0.1, 0.15) is 17.8 Å². The minimum Gasteiger partial charge on any atom is -0.406 e. The number of halogens is 3.